The topological polar surface area (TPSA) is 74.6 Å². The number of benzene rings is 1. The van der Waals surface area contributed by atoms with Gasteiger partial charge in [-0.3, -0.25) is 4.79 Å². The summed E-state index contributed by atoms with van der Waals surface area (Å²) in [6.45, 7) is 1.36. The zero-order chi connectivity index (χ0) is 21.2. The first-order valence-electron chi connectivity index (χ1n) is 10.3. The van der Waals surface area contributed by atoms with Crippen molar-refractivity contribution in [3.05, 3.63) is 51.0 Å². The summed E-state index contributed by atoms with van der Waals surface area (Å²) < 4.78 is 17.1. The van der Waals surface area contributed by atoms with E-state index in [0.717, 1.165) is 19.3 Å². The number of likely N-dealkylation sites (N-methyl/N-ethyl adjacent to an activating group) is 1. The van der Waals surface area contributed by atoms with Crippen LogP contribution >= 0.6 is 24.0 Å². The van der Waals surface area contributed by atoms with Crippen LogP contribution in [0.5, 0.6) is 0 Å². The lowest BCUT2D eigenvalue weighted by Crippen LogP contribution is -2.38. The van der Waals surface area contributed by atoms with Gasteiger partial charge in [-0.2, -0.15) is 0 Å². The molecule has 2 N–H and O–H groups in total. The van der Waals surface area contributed by atoms with Crippen molar-refractivity contribution in [1.29, 1.82) is 0 Å². The number of anilines is 1. The minimum Gasteiger partial charge on any atom is -0.477 e. The molecule has 1 saturated heterocycles. The third kappa shape index (κ3) is 3.52. The van der Waals surface area contributed by atoms with Crippen LogP contribution in [-0.2, 0) is 0 Å². The molecule has 2 heterocycles. The third-order valence-electron chi connectivity index (χ3n) is 6.74. The molecule has 0 bridgehead atoms. The zero-order valence-corrected chi connectivity index (χ0v) is 18.5. The van der Waals surface area contributed by atoms with Crippen molar-refractivity contribution in [2.75, 3.05) is 25.0 Å². The summed E-state index contributed by atoms with van der Waals surface area (Å²) in [6.07, 6.45) is 8.40. The van der Waals surface area contributed by atoms with Crippen LogP contribution < -0.4 is 15.6 Å². The average Bonchev–Trinajstić information content (AvgIpc) is 3.46. The van der Waals surface area contributed by atoms with Gasteiger partial charge in [-0.15, -0.1) is 12.4 Å². The van der Waals surface area contributed by atoms with Gasteiger partial charge in [0, 0.05) is 37.3 Å². The fourth-order valence-electron chi connectivity index (χ4n) is 5.10. The molecule has 31 heavy (non-hydrogen) atoms. The predicted octanol–water partition coefficient (Wildman–Crippen LogP) is 3.85. The second kappa shape index (κ2) is 8.11. The van der Waals surface area contributed by atoms with E-state index in [1.165, 1.54) is 12.3 Å². The highest BCUT2D eigenvalue weighted by atomic mass is 35.5. The molecule has 0 spiro atoms. The molecule has 1 saturated carbocycles. The van der Waals surface area contributed by atoms with Crippen molar-refractivity contribution in [3.63, 3.8) is 0 Å². The van der Waals surface area contributed by atoms with Crippen molar-refractivity contribution in [2.24, 2.45) is 11.8 Å². The molecular weight excluding hydrogens is 444 g/mol. The van der Waals surface area contributed by atoms with Gasteiger partial charge in [0.2, 0.25) is 5.43 Å². The summed E-state index contributed by atoms with van der Waals surface area (Å²) in [6, 6.07) is 1.49. The molecule has 3 unspecified atom stereocenters. The first kappa shape index (κ1) is 22.1. The highest BCUT2D eigenvalue weighted by Gasteiger charge is 2.40. The fraction of sp³-hybridized carbons (Fsp3) is 0.455. The summed E-state index contributed by atoms with van der Waals surface area (Å²) in [7, 11) is 1.93. The van der Waals surface area contributed by atoms with Crippen LogP contribution in [0.4, 0.5) is 10.1 Å². The Balaban J connectivity index is 0.00000231. The van der Waals surface area contributed by atoms with Gasteiger partial charge in [0.25, 0.3) is 0 Å². The number of allylic oxidation sites excluding steroid dienone is 1. The predicted molar refractivity (Wildman–Crippen MR) is 121 cm³/mol. The summed E-state index contributed by atoms with van der Waals surface area (Å²) in [5.41, 5.74) is -0.307. The van der Waals surface area contributed by atoms with Crippen molar-refractivity contribution in [3.8, 4) is 0 Å². The molecule has 2 aromatic rings. The number of pyridine rings is 1. The Morgan fingerprint density at radius 3 is 2.71 bits per heavy atom. The average molecular weight is 468 g/mol. The van der Waals surface area contributed by atoms with Crippen LogP contribution in [0.3, 0.4) is 0 Å². The number of carboxylic acids is 1. The second-order valence-electron chi connectivity index (χ2n) is 8.54. The molecule has 2 fully saturated rings. The molecule has 5 rings (SSSR count). The summed E-state index contributed by atoms with van der Waals surface area (Å²) in [5, 5.41) is 13.0. The van der Waals surface area contributed by atoms with E-state index in [1.54, 1.807) is 4.57 Å². The number of fused-ring (bicyclic) bond motifs is 2. The van der Waals surface area contributed by atoms with Gasteiger partial charge in [-0.25, -0.2) is 9.18 Å². The van der Waals surface area contributed by atoms with E-state index >= 15 is 4.39 Å². The maximum Gasteiger partial charge on any atom is 0.341 e. The van der Waals surface area contributed by atoms with E-state index in [4.69, 9.17) is 11.6 Å². The highest BCUT2D eigenvalue weighted by Crippen LogP contribution is 2.44. The Morgan fingerprint density at radius 1 is 1.32 bits per heavy atom. The molecule has 1 aromatic carbocycles. The molecule has 0 radical (unpaired) electrons. The van der Waals surface area contributed by atoms with Crippen LogP contribution in [0.15, 0.2) is 29.2 Å². The lowest BCUT2D eigenvalue weighted by atomic mass is 9.82. The van der Waals surface area contributed by atoms with Gasteiger partial charge >= 0.3 is 5.97 Å². The van der Waals surface area contributed by atoms with Crippen molar-refractivity contribution >= 4 is 46.6 Å². The Bertz CT molecular complexity index is 1150. The molecule has 0 amide bonds. The molecule has 9 heteroatoms. The van der Waals surface area contributed by atoms with Crippen LogP contribution in [0.1, 0.15) is 35.7 Å². The zero-order valence-electron chi connectivity index (χ0n) is 17.0. The number of aromatic carboxylic acids is 1. The number of rotatable bonds is 4. The largest absolute Gasteiger partial charge is 0.477 e. The van der Waals surface area contributed by atoms with E-state index in [0.29, 0.717) is 36.1 Å². The van der Waals surface area contributed by atoms with Crippen molar-refractivity contribution in [1.82, 2.24) is 9.88 Å². The molecule has 1 aromatic heterocycles. The number of carbonyl (C=O) groups is 1. The molecule has 1 aliphatic heterocycles. The monoisotopic (exact) mass is 467 g/mol. The summed E-state index contributed by atoms with van der Waals surface area (Å²) >= 11 is 6.76. The van der Waals surface area contributed by atoms with Crippen LogP contribution in [0.2, 0.25) is 5.02 Å². The SMILES string of the molecule is CNC1C=CCC2CN(c3c(F)cc4c(=O)c(C(=O)O)cn(C5CC5)c4c3Cl)CC21.Cl. The number of carboxylic acid groups (broad SMARTS) is 1. The summed E-state index contributed by atoms with van der Waals surface area (Å²) in [4.78, 5) is 26.3. The number of halogens is 3. The highest BCUT2D eigenvalue weighted by molar-refractivity contribution is 6.38. The van der Waals surface area contributed by atoms with E-state index in [-0.39, 0.29) is 40.5 Å². The van der Waals surface area contributed by atoms with Gasteiger partial charge in [0.1, 0.15) is 11.4 Å². The summed E-state index contributed by atoms with van der Waals surface area (Å²) in [5.74, 6) is -1.14. The fourth-order valence-corrected chi connectivity index (χ4v) is 5.51. The Morgan fingerprint density at radius 2 is 2.06 bits per heavy atom. The lowest BCUT2D eigenvalue weighted by Gasteiger charge is -2.28. The number of hydrogen-bond acceptors (Lipinski definition) is 4. The van der Waals surface area contributed by atoms with E-state index < -0.39 is 17.2 Å². The molecule has 3 atom stereocenters. The molecular formula is C22H24Cl2FN3O3. The van der Waals surface area contributed by atoms with Gasteiger partial charge in [0.05, 0.1) is 21.6 Å². The Labute approximate surface area is 190 Å². The van der Waals surface area contributed by atoms with Crippen molar-refractivity contribution in [2.45, 2.75) is 31.3 Å². The molecule has 2 aliphatic carbocycles. The van der Waals surface area contributed by atoms with E-state index in [9.17, 15) is 14.7 Å². The molecule has 6 nitrogen and oxygen atoms in total. The van der Waals surface area contributed by atoms with Gasteiger partial charge in [0.15, 0.2) is 0 Å². The molecule has 166 valence electrons. The lowest BCUT2D eigenvalue weighted by molar-refractivity contribution is 0.0695. The first-order chi connectivity index (χ1) is 14.4. The van der Waals surface area contributed by atoms with Crippen LogP contribution in [0, 0.1) is 17.7 Å². The quantitative estimate of drug-likeness (QED) is 0.667. The normalized spacial score (nSPS) is 24.9. The second-order valence-corrected chi connectivity index (χ2v) is 8.92. The maximum atomic E-state index is 15.3. The number of aromatic nitrogens is 1. The smallest absolute Gasteiger partial charge is 0.341 e. The van der Waals surface area contributed by atoms with Crippen LogP contribution in [0.25, 0.3) is 10.9 Å². The third-order valence-corrected chi connectivity index (χ3v) is 7.10. The maximum absolute atomic E-state index is 15.3. The van der Waals surface area contributed by atoms with E-state index in [1.807, 2.05) is 11.9 Å². The number of nitrogens with one attached hydrogen (secondary N) is 1. The first-order valence-corrected chi connectivity index (χ1v) is 10.7. The van der Waals surface area contributed by atoms with Gasteiger partial charge < -0.3 is 19.9 Å². The minimum atomic E-state index is -1.31. The van der Waals surface area contributed by atoms with Crippen LogP contribution in [-0.4, -0.2) is 41.8 Å². The van der Waals surface area contributed by atoms with Gasteiger partial charge in [-0.1, -0.05) is 23.8 Å². The molecule has 3 aliphatic rings. The Hall–Kier alpha value is -2.09. The van der Waals surface area contributed by atoms with E-state index in [2.05, 4.69) is 17.5 Å². The van der Waals surface area contributed by atoms with Crippen molar-refractivity contribution < 1.29 is 14.3 Å². The Kier molecular flexibility index (Phi) is 5.79. The number of nitrogens with zero attached hydrogens (tertiary/aromatic N) is 2. The number of hydrogen-bond donors (Lipinski definition) is 2. The van der Waals surface area contributed by atoms with Gasteiger partial charge in [-0.05, 0) is 38.3 Å². The minimum absolute atomic E-state index is 0. The standard InChI is InChI=1S/C22H23ClFN3O3.ClH/c1-25-17-4-2-3-11-8-26(9-14(11)17)20-16(24)7-13-19(18(20)23)27(12-5-6-12)10-15(21(13)28)22(29)30;/h2,4,7,10-12,14,17,25H,3,5-6,8-9H2,1H3,(H,29,30);1H.